The van der Waals surface area contributed by atoms with Crippen LogP contribution >= 0.6 is 0 Å². The lowest BCUT2D eigenvalue weighted by Gasteiger charge is -2.29. The normalized spacial score (nSPS) is 20.2. The van der Waals surface area contributed by atoms with Crippen LogP contribution in [0.2, 0.25) is 0 Å². The Morgan fingerprint density at radius 2 is 1.83 bits per heavy atom. The van der Waals surface area contributed by atoms with E-state index in [9.17, 15) is 24.3 Å². The SMILES string of the molecule is CC(C)CC(NC(=O)C1CCC(Cn2c(=O)[nH]c3ccccc3c2=O)CC1)C(=O)O. The van der Waals surface area contributed by atoms with E-state index in [1.54, 1.807) is 24.3 Å². The molecule has 1 saturated carbocycles. The monoisotopic (exact) mass is 415 g/mol. The molecule has 0 spiro atoms. The number of H-pyrrole nitrogens is 1. The number of aromatic nitrogens is 2. The zero-order chi connectivity index (χ0) is 21.8. The van der Waals surface area contributed by atoms with Gasteiger partial charge in [0.25, 0.3) is 5.56 Å². The summed E-state index contributed by atoms with van der Waals surface area (Å²) in [7, 11) is 0. The highest BCUT2D eigenvalue weighted by Gasteiger charge is 2.30. The van der Waals surface area contributed by atoms with Crippen LogP contribution in [0.3, 0.4) is 0 Å². The van der Waals surface area contributed by atoms with Crippen molar-refractivity contribution in [1.29, 1.82) is 0 Å². The van der Waals surface area contributed by atoms with Crippen molar-refractivity contribution in [3.8, 4) is 0 Å². The van der Waals surface area contributed by atoms with E-state index in [0.717, 1.165) is 0 Å². The van der Waals surface area contributed by atoms with E-state index in [1.807, 2.05) is 13.8 Å². The molecule has 2 aromatic rings. The minimum atomic E-state index is -1.01. The fourth-order valence-electron chi connectivity index (χ4n) is 4.21. The van der Waals surface area contributed by atoms with Crippen molar-refractivity contribution in [1.82, 2.24) is 14.9 Å². The van der Waals surface area contributed by atoms with Gasteiger partial charge in [-0.25, -0.2) is 9.59 Å². The summed E-state index contributed by atoms with van der Waals surface area (Å²) in [6.45, 7) is 4.16. The summed E-state index contributed by atoms with van der Waals surface area (Å²) < 4.78 is 1.25. The van der Waals surface area contributed by atoms with Gasteiger partial charge in [-0.2, -0.15) is 0 Å². The van der Waals surface area contributed by atoms with Crippen molar-refractivity contribution in [3.63, 3.8) is 0 Å². The molecule has 1 heterocycles. The van der Waals surface area contributed by atoms with E-state index in [-0.39, 0.29) is 29.2 Å². The van der Waals surface area contributed by atoms with Crippen molar-refractivity contribution in [3.05, 3.63) is 45.1 Å². The molecule has 8 heteroatoms. The lowest BCUT2D eigenvalue weighted by atomic mass is 9.81. The van der Waals surface area contributed by atoms with Crippen molar-refractivity contribution in [2.24, 2.45) is 17.8 Å². The molecule has 1 fully saturated rings. The van der Waals surface area contributed by atoms with Gasteiger partial charge in [0, 0.05) is 12.5 Å². The molecule has 8 nitrogen and oxygen atoms in total. The molecule has 30 heavy (non-hydrogen) atoms. The van der Waals surface area contributed by atoms with Crippen LogP contribution in [0, 0.1) is 17.8 Å². The van der Waals surface area contributed by atoms with Gasteiger partial charge < -0.3 is 15.4 Å². The van der Waals surface area contributed by atoms with E-state index >= 15 is 0 Å². The third kappa shape index (κ3) is 4.98. The number of hydrogen-bond donors (Lipinski definition) is 3. The number of fused-ring (bicyclic) bond motifs is 1. The van der Waals surface area contributed by atoms with Crippen molar-refractivity contribution in [2.75, 3.05) is 0 Å². The lowest BCUT2D eigenvalue weighted by Crippen LogP contribution is -2.45. The summed E-state index contributed by atoms with van der Waals surface area (Å²) in [5.74, 6) is -1.18. The Morgan fingerprint density at radius 1 is 1.17 bits per heavy atom. The molecule has 3 N–H and O–H groups in total. The fourth-order valence-corrected chi connectivity index (χ4v) is 4.21. The van der Waals surface area contributed by atoms with Crippen LogP contribution in [-0.4, -0.2) is 32.6 Å². The maximum atomic E-state index is 12.7. The van der Waals surface area contributed by atoms with Gasteiger partial charge in [0.2, 0.25) is 5.91 Å². The Bertz CT molecular complexity index is 1030. The zero-order valence-electron chi connectivity index (χ0n) is 17.4. The van der Waals surface area contributed by atoms with Crippen LogP contribution in [-0.2, 0) is 16.1 Å². The molecule has 0 saturated heterocycles. The van der Waals surface area contributed by atoms with E-state index in [0.29, 0.717) is 49.6 Å². The molecule has 1 unspecified atom stereocenters. The second-order valence-corrected chi connectivity index (χ2v) is 8.64. The number of benzene rings is 1. The third-order valence-corrected chi connectivity index (χ3v) is 5.87. The number of carbonyl (C=O) groups is 2. The fraction of sp³-hybridized carbons (Fsp3) is 0.545. The Morgan fingerprint density at radius 3 is 2.47 bits per heavy atom. The molecule has 1 aliphatic carbocycles. The second kappa shape index (κ2) is 9.28. The maximum Gasteiger partial charge on any atom is 0.328 e. The molecule has 0 radical (unpaired) electrons. The number of nitrogens with one attached hydrogen (secondary N) is 2. The number of nitrogens with zero attached hydrogens (tertiary/aromatic N) is 1. The first kappa shape index (κ1) is 21.8. The summed E-state index contributed by atoms with van der Waals surface area (Å²) in [5, 5.41) is 12.5. The predicted octanol–water partition coefficient (Wildman–Crippen LogP) is 2.11. The number of carboxylic acid groups (broad SMARTS) is 1. The smallest absolute Gasteiger partial charge is 0.328 e. The average molecular weight is 415 g/mol. The van der Waals surface area contributed by atoms with Gasteiger partial charge in [0.1, 0.15) is 6.04 Å². The van der Waals surface area contributed by atoms with Crippen LogP contribution in [0.4, 0.5) is 0 Å². The van der Waals surface area contributed by atoms with Gasteiger partial charge in [-0.1, -0.05) is 26.0 Å². The van der Waals surface area contributed by atoms with E-state index in [2.05, 4.69) is 10.3 Å². The summed E-state index contributed by atoms with van der Waals surface area (Å²) in [6, 6.07) is 6.06. The number of hydrogen-bond acceptors (Lipinski definition) is 4. The average Bonchev–Trinajstić information content (AvgIpc) is 2.70. The summed E-state index contributed by atoms with van der Waals surface area (Å²) >= 11 is 0. The first-order chi connectivity index (χ1) is 14.3. The molecule has 0 aliphatic heterocycles. The number of para-hydroxylation sites is 1. The van der Waals surface area contributed by atoms with Crippen molar-refractivity contribution >= 4 is 22.8 Å². The summed E-state index contributed by atoms with van der Waals surface area (Å²) in [6.07, 6.45) is 3.04. The number of carbonyl (C=O) groups excluding carboxylic acids is 1. The molecule has 162 valence electrons. The number of aliphatic carboxylic acids is 1. The quantitative estimate of drug-likeness (QED) is 0.639. The highest BCUT2D eigenvalue weighted by molar-refractivity contribution is 5.85. The molecular formula is C22H29N3O5. The molecule has 1 atom stereocenters. The molecular weight excluding hydrogens is 386 g/mol. The number of amides is 1. The van der Waals surface area contributed by atoms with Crippen molar-refractivity contribution < 1.29 is 14.7 Å². The predicted molar refractivity (Wildman–Crippen MR) is 113 cm³/mol. The van der Waals surface area contributed by atoms with E-state index in [4.69, 9.17) is 0 Å². The summed E-state index contributed by atoms with van der Waals surface area (Å²) in [5.41, 5.74) is -0.192. The lowest BCUT2D eigenvalue weighted by molar-refractivity contribution is -0.143. The molecule has 1 aliphatic rings. The Balaban J connectivity index is 1.62. The van der Waals surface area contributed by atoms with Crippen LogP contribution in [0.25, 0.3) is 10.9 Å². The molecule has 3 rings (SSSR count). The zero-order valence-corrected chi connectivity index (χ0v) is 17.4. The second-order valence-electron chi connectivity index (χ2n) is 8.64. The van der Waals surface area contributed by atoms with Crippen LogP contribution in [0.5, 0.6) is 0 Å². The van der Waals surface area contributed by atoms with E-state index in [1.165, 1.54) is 4.57 Å². The van der Waals surface area contributed by atoms with Gasteiger partial charge in [-0.3, -0.25) is 14.2 Å². The van der Waals surface area contributed by atoms with Gasteiger partial charge in [0.15, 0.2) is 0 Å². The maximum absolute atomic E-state index is 12.7. The van der Waals surface area contributed by atoms with Crippen LogP contribution in [0.15, 0.2) is 33.9 Å². The highest BCUT2D eigenvalue weighted by Crippen LogP contribution is 2.30. The number of aromatic amines is 1. The van der Waals surface area contributed by atoms with Crippen LogP contribution in [0.1, 0.15) is 46.0 Å². The first-order valence-electron chi connectivity index (χ1n) is 10.5. The third-order valence-electron chi connectivity index (χ3n) is 5.87. The largest absolute Gasteiger partial charge is 0.480 e. The minimum Gasteiger partial charge on any atom is -0.480 e. The topological polar surface area (TPSA) is 121 Å². The summed E-state index contributed by atoms with van der Waals surface area (Å²) in [4.78, 5) is 51.7. The highest BCUT2D eigenvalue weighted by atomic mass is 16.4. The molecule has 0 bridgehead atoms. The Labute approximate surface area is 174 Å². The Hall–Kier alpha value is -2.90. The Kier molecular flexibility index (Phi) is 6.74. The van der Waals surface area contributed by atoms with E-state index < -0.39 is 17.7 Å². The van der Waals surface area contributed by atoms with Gasteiger partial charge in [-0.15, -0.1) is 0 Å². The molecule has 1 amide bonds. The number of carboxylic acids is 1. The number of rotatable bonds is 7. The van der Waals surface area contributed by atoms with Crippen molar-refractivity contribution in [2.45, 2.75) is 58.5 Å². The standard InChI is InChI=1S/C22H29N3O5/c1-13(2)11-18(21(28)29)23-19(26)15-9-7-14(8-10-15)12-25-20(27)16-5-3-4-6-17(16)24-22(25)30/h3-6,13-15,18H,7-12H2,1-2H3,(H,23,26)(H,24,30)(H,28,29). The van der Waals surface area contributed by atoms with Crippen LogP contribution < -0.4 is 16.6 Å². The molecule has 1 aromatic heterocycles. The van der Waals surface area contributed by atoms with Gasteiger partial charge in [0.05, 0.1) is 10.9 Å². The molecule has 1 aromatic carbocycles. The van der Waals surface area contributed by atoms with Gasteiger partial charge >= 0.3 is 11.7 Å². The first-order valence-corrected chi connectivity index (χ1v) is 10.5. The minimum absolute atomic E-state index is 0.125. The van der Waals surface area contributed by atoms with Gasteiger partial charge in [-0.05, 0) is 56.1 Å².